The van der Waals surface area contributed by atoms with Crippen LogP contribution in [0.5, 0.6) is 0 Å². The fourth-order valence-corrected chi connectivity index (χ4v) is 7.87. The molecule has 10 rings (SSSR count). The van der Waals surface area contributed by atoms with E-state index in [0.717, 1.165) is 55.6 Å². The Kier molecular flexibility index (Phi) is 6.56. The minimum absolute atomic E-state index is 0.655. The first-order valence-electron chi connectivity index (χ1n) is 17.2. The van der Waals surface area contributed by atoms with E-state index in [0.29, 0.717) is 5.56 Å². The zero-order chi connectivity index (χ0) is 33.9. The molecule has 0 aliphatic heterocycles. The molecule has 0 fully saturated rings. The van der Waals surface area contributed by atoms with Crippen molar-refractivity contribution in [3.63, 3.8) is 0 Å². The van der Waals surface area contributed by atoms with E-state index in [1.165, 1.54) is 37.9 Å². The van der Waals surface area contributed by atoms with Crippen LogP contribution in [-0.2, 0) is 0 Å². The maximum absolute atomic E-state index is 9.83. The molecular formula is C48H29N3. The Morgan fingerprint density at radius 3 is 1.67 bits per heavy atom. The molecular weight excluding hydrogens is 619 g/mol. The Morgan fingerprint density at radius 2 is 0.961 bits per heavy atom. The number of para-hydroxylation sites is 1. The van der Waals surface area contributed by atoms with Gasteiger partial charge < -0.3 is 4.57 Å². The lowest BCUT2D eigenvalue weighted by Gasteiger charge is -2.16. The van der Waals surface area contributed by atoms with Gasteiger partial charge in [0, 0.05) is 27.6 Å². The standard InChI is InChI=1S/C48H29N3/c49-30-31-22-24-47-43(26-31)44-27-33(23-25-48(44)51(47)34-14-5-2-6-15-34)39-28-40-37-18-9-10-19-38(37)42(29-41(40)36-17-8-7-16-35(36)39)46-21-11-20-45(50-46)32-12-3-1-4-13-32/h1-29H. The molecule has 0 amide bonds. The Balaban J connectivity index is 1.24. The molecule has 3 heteroatoms. The van der Waals surface area contributed by atoms with E-state index in [2.05, 4.69) is 162 Å². The summed E-state index contributed by atoms with van der Waals surface area (Å²) in [5, 5.41) is 19.2. The predicted molar refractivity (Wildman–Crippen MR) is 212 cm³/mol. The first kappa shape index (κ1) is 28.9. The van der Waals surface area contributed by atoms with Crippen LogP contribution in [0.25, 0.3) is 93.5 Å². The predicted octanol–water partition coefficient (Wildman–Crippen LogP) is 12.5. The molecule has 51 heavy (non-hydrogen) atoms. The van der Waals surface area contributed by atoms with Gasteiger partial charge in [0.2, 0.25) is 0 Å². The molecule has 0 spiro atoms. The van der Waals surface area contributed by atoms with Gasteiger partial charge in [-0.2, -0.15) is 5.26 Å². The van der Waals surface area contributed by atoms with Crippen LogP contribution in [0.15, 0.2) is 176 Å². The van der Waals surface area contributed by atoms with Gasteiger partial charge in [0.1, 0.15) is 0 Å². The van der Waals surface area contributed by atoms with Crippen LogP contribution >= 0.6 is 0 Å². The van der Waals surface area contributed by atoms with Crippen LogP contribution in [0.2, 0.25) is 0 Å². The van der Waals surface area contributed by atoms with Crippen molar-refractivity contribution < 1.29 is 0 Å². The van der Waals surface area contributed by atoms with E-state index in [9.17, 15) is 5.26 Å². The van der Waals surface area contributed by atoms with Gasteiger partial charge >= 0.3 is 0 Å². The second-order valence-electron chi connectivity index (χ2n) is 13.1. The van der Waals surface area contributed by atoms with Crippen LogP contribution in [0.3, 0.4) is 0 Å². The molecule has 0 unspecified atom stereocenters. The topological polar surface area (TPSA) is 41.6 Å². The van der Waals surface area contributed by atoms with Gasteiger partial charge in [-0.05, 0) is 110 Å². The van der Waals surface area contributed by atoms with E-state index in [4.69, 9.17) is 4.98 Å². The van der Waals surface area contributed by atoms with Gasteiger partial charge in [0.05, 0.1) is 34.1 Å². The van der Waals surface area contributed by atoms with Crippen molar-refractivity contribution in [1.82, 2.24) is 9.55 Å². The Labute approximate surface area is 294 Å². The molecule has 0 bridgehead atoms. The second-order valence-corrected chi connectivity index (χ2v) is 13.1. The lowest BCUT2D eigenvalue weighted by atomic mass is 9.88. The van der Waals surface area contributed by atoms with Crippen molar-refractivity contribution in [2.24, 2.45) is 0 Å². The summed E-state index contributed by atoms with van der Waals surface area (Å²) in [4.78, 5) is 5.18. The highest BCUT2D eigenvalue weighted by Gasteiger charge is 2.18. The van der Waals surface area contributed by atoms with E-state index in [1.807, 2.05) is 24.3 Å². The number of nitriles is 1. The lowest BCUT2D eigenvalue weighted by Crippen LogP contribution is -1.93. The lowest BCUT2D eigenvalue weighted by molar-refractivity contribution is 1.18. The van der Waals surface area contributed by atoms with Gasteiger partial charge in [-0.25, -0.2) is 4.98 Å². The minimum atomic E-state index is 0.655. The quantitative estimate of drug-likeness (QED) is 0.178. The number of hydrogen-bond acceptors (Lipinski definition) is 2. The molecule has 0 saturated heterocycles. The first-order valence-corrected chi connectivity index (χ1v) is 17.2. The number of benzene rings is 8. The number of fused-ring (bicyclic) bond motifs is 8. The van der Waals surface area contributed by atoms with Crippen molar-refractivity contribution >= 4 is 54.1 Å². The Morgan fingerprint density at radius 1 is 0.392 bits per heavy atom. The molecule has 0 radical (unpaired) electrons. The third-order valence-electron chi connectivity index (χ3n) is 10.2. The summed E-state index contributed by atoms with van der Waals surface area (Å²) < 4.78 is 2.30. The van der Waals surface area contributed by atoms with Gasteiger partial charge in [0.25, 0.3) is 0 Å². The van der Waals surface area contributed by atoms with Crippen LogP contribution in [-0.4, -0.2) is 9.55 Å². The largest absolute Gasteiger partial charge is 0.309 e. The summed E-state index contributed by atoms with van der Waals surface area (Å²) in [5.74, 6) is 0. The molecule has 2 heterocycles. The third-order valence-corrected chi connectivity index (χ3v) is 10.2. The molecule has 0 atom stereocenters. The maximum Gasteiger partial charge on any atom is 0.0991 e. The highest BCUT2D eigenvalue weighted by molar-refractivity contribution is 6.24. The zero-order valence-corrected chi connectivity index (χ0v) is 27.6. The SMILES string of the molecule is N#Cc1ccc2c(c1)c1cc(-c3cc4c5ccccc5c(-c5cccc(-c6ccccc6)n5)cc4c4ccccc34)ccc1n2-c1ccccc1. The van der Waals surface area contributed by atoms with Crippen LogP contribution in [0.1, 0.15) is 5.56 Å². The summed E-state index contributed by atoms with van der Waals surface area (Å²) in [5.41, 5.74) is 10.4. The van der Waals surface area contributed by atoms with Crippen LogP contribution in [0, 0.1) is 11.3 Å². The zero-order valence-electron chi connectivity index (χ0n) is 27.6. The van der Waals surface area contributed by atoms with Crippen molar-refractivity contribution in [3.05, 3.63) is 181 Å². The third kappa shape index (κ3) is 4.62. The molecule has 8 aromatic carbocycles. The van der Waals surface area contributed by atoms with Gasteiger partial charge in [-0.15, -0.1) is 0 Å². The number of nitrogens with zero attached hydrogens (tertiary/aromatic N) is 3. The van der Waals surface area contributed by atoms with Gasteiger partial charge in [-0.3, -0.25) is 0 Å². The summed E-state index contributed by atoms with van der Waals surface area (Å²) in [7, 11) is 0. The molecule has 0 saturated carbocycles. The van der Waals surface area contributed by atoms with Crippen molar-refractivity contribution in [2.45, 2.75) is 0 Å². The van der Waals surface area contributed by atoms with E-state index in [-0.39, 0.29) is 0 Å². The normalized spacial score (nSPS) is 11.5. The number of rotatable bonds is 4. The van der Waals surface area contributed by atoms with Crippen LogP contribution < -0.4 is 0 Å². The average Bonchev–Trinajstić information content (AvgIpc) is 3.53. The van der Waals surface area contributed by atoms with E-state index >= 15 is 0 Å². The number of pyridine rings is 1. The van der Waals surface area contributed by atoms with E-state index < -0.39 is 0 Å². The average molecular weight is 648 g/mol. The van der Waals surface area contributed by atoms with Crippen molar-refractivity contribution in [1.29, 1.82) is 5.26 Å². The summed E-state index contributed by atoms with van der Waals surface area (Å²) in [6, 6.07) is 64.4. The fraction of sp³-hybridized carbons (Fsp3) is 0. The monoisotopic (exact) mass is 647 g/mol. The highest BCUT2D eigenvalue weighted by Crippen LogP contribution is 2.43. The Hall–Kier alpha value is -7.02. The molecule has 236 valence electrons. The molecule has 10 aromatic rings. The second kappa shape index (κ2) is 11.6. The number of hydrogen-bond donors (Lipinski definition) is 0. The van der Waals surface area contributed by atoms with Crippen molar-refractivity contribution in [3.8, 4) is 45.4 Å². The molecule has 0 aliphatic carbocycles. The smallest absolute Gasteiger partial charge is 0.0991 e. The van der Waals surface area contributed by atoms with Crippen molar-refractivity contribution in [2.75, 3.05) is 0 Å². The van der Waals surface area contributed by atoms with Gasteiger partial charge in [0.15, 0.2) is 0 Å². The summed E-state index contributed by atoms with van der Waals surface area (Å²) in [6.07, 6.45) is 0. The molecule has 3 nitrogen and oxygen atoms in total. The summed E-state index contributed by atoms with van der Waals surface area (Å²) in [6.45, 7) is 0. The fourth-order valence-electron chi connectivity index (χ4n) is 7.87. The summed E-state index contributed by atoms with van der Waals surface area (Å²) >= 11 is 0. The van der Waals surface area contributed by atoms with Crippen LogP contribution in [0.4, 0.5) is 0 Å². The minimum Gasteiger partial charge on any atom is -0.309 e. The molecule has 0 N–H and O–H groups in total. The molecule has 0 aliphatic rings. The van der Waals surface area contributed by atoms with Gasteiger partial charge in [-0.1, -0.05) is 109 Å². The Bertz CT molecular complexity index is 3020. The van der Waals surface area contributed by atoms with E-state index in [1.54, 1.807) is 0 Å². The molecule has 2 aromatic heterocycles. The number of aromatic nitrogens is 2. The maximum atomic E-state index is 9.83. The highest BCUT2D eigenvalue weighted by atomic mass is 15.0. The first-order chi connectivity index (χ1) is 25.2.